The van der Waals surface area contributed by atoms with E-state index in [1.807, 2.05) is 37.3 Å². The zero-order valence-corrected chi connectivity index (χ0v) is 13.8. The summed E-state index contributed by atoms with van der Waals surface area (Å²) in [6.07, 6.45) is 0. The molecule has 7 nitrogen and oxygen atoms in total. The predicted octanol–water partition coefficient (Wildman–Crippen LogP) is 3.37. The van der Waals surface area contributed by atoms with Gasteiger partial charge in [-0.2, -0.15) is 5.10 Å². The molecule has 3 aromatic rings. The summed E-state index contributed by atoms with van der Waals surface area (Å²) >= 11 is 0. The number of nitrogens with zero attached hydrogens (tertiary/aromatic N) is 4. The summed E-state index contributed by atoms with van der Waals surface area (Å²) in [6, 6.07) is 17.1. The molecular weight excluding hydrogens is 320 g/mol. The molecule has 0 radical (unpaired) electrons. The first-order valence-electron chi connectivity index (χ1n) is 7.62. The zero-order chi connectivity index (χ0) is 18.0. The van der Waals surface area contributed by atoms with E-state index in [0.29, 0.717) is 5.82 Å². The number of aromatic nitrogens is 2. The molecule has 0 aliphatic rings. The minimum Gasteiger partial charge on any atom is -0.295 e. The summed E-state index contributed by atoms with van der Waals surface area (Å²) in [7, 11) is 1.58. The molecule has 3 rings (SSSR count). The van der Waals surface area contributed by atoms with E-state index in [2.05, 4.69) is 5.10 Å². The smallest absolute Gasteiger partial charge is 0.282 e. The average molecular weight is 336 g/mol. The molecule has 0 aliphatic heterocycles. The number of nitro benzene ring substituents is 1. The number of anilines is 1. The number of amides is 1. The third-order valence-electron chi connectivity index (χ3n) is 3.79. The molecule has 1 amide bonds. The van der Waals surface area contributed by atoms with E-state index < -0.39 is 10.8 Å². The van der Waals surface area contributed by atoms with Gasteiger partial charge in [-0.15, -0.1) is 0 Å². The lowest BCUT2D eigenvalue weighted by Gasteiger charge is -2.18. The second-order valence-corrected chi connectivity index (χ2v) is 5.53. The number of carbonyl (C=O) groups is 1. The number of carbonyl (C=O) groups excluding carboxylic acids is 1. The highest BCUT2D eigenvalue weighted by Crippen LogP contribution is 2.25. The summed E-state index contributed by atoms with van der Waals surface area (Å²) in [5, 5.41) is 15.6. The van der Waals surface area contributed by atoms with Gasteiger partial charge in [-0.25, -0.2) is 4.68 Å². The molecule has 1 aromatic heterocycles. The van der Waals surface area contributed by atoms with Gasteiger partial charge >= 0.3 is 0 Å². The van der Waals surface area contributed by atoms with Crippen molar-refractivity contribution >= 4 is 17.4 Å². The highest BCUT2D eigenvalue weighted by atomic mass is 16.6. The maximum atomic E-state index is 12.8. The normalized spacial score (nSPS) is 10.5. The van der Waals surface area contributed by atoms with E-state index in [4.69, 9.17) is 0 Å². The predicted molar refractivity (Wildman–Crippen MR) is 94.1 cm³/mol. The Bertz CT molecular complexity index is 935. The van der Waals surface area contributed by atoms with Crippen LogP contribution in [0.25, 0.3) is 5.69 Å². The number of aryl methyl sites for hydroxylation is 1. The number of hydrogen-bond acceptors (Lipinski definition) is 4. The van der Waals surface area contributed by atoms with Crippen molar-refractivity contribution in [3.8, 4) is 5.69 Å². The second-order valence-electron chi connectivity index (χ2n) is 5.53. The van der Waals surface area contributed by atoms with Crippen LogP contribution < -0.4 is 4.90 Å². The van der Waals surface area contributed by atoms with Crippen LogP contribution in [-0.4, -0.2) is 27.7 Å². The summed E-state index contributed by atoms with van der Waals surface area (Å²) in [6.45, 7) is 1.83. The number of benzene rings is 2. The fourth-order valence-corrected chi connectivity index (χ4v) is 2.58. The molecule has 0 spiro atoms. The van der Waals surface area contributed by atoms with Crippen molar-refractivity contribution in [1.82, 2.24) is 9.78 Å². The molecule has 0 unspecified atom stereocenters. The Balaban J connectivity index is 2.04. The van der Waals surface area contributed by atoms with Crippen LogP contribution in [0.2, 0.25) is 0 Å². The van der Waals surface area contributed by atoms with Crippen LogP contribution in [0.5, 0.6) is 0 Å². The Kier molecular flexibility index (Phi) is 4.30. The fourth-order valence-electron chi connectivity index (χ4n) is 2.58. The standard InChI is InChI=1S/C18H16N4O3/c1-13-12-17(21(19-13)14-8-4-3-5-9-14)20(2)18(23)15-10-6-7-11-16(15)22(24)25/h3-12H,1-2H3. The van der Waals surface area contributed by atoms with Crippen LogP contribution in [0, 0.1) is 17.0 Å². The van der Waals surface area contributed by atoms with Gasteiger partial charge in [-0.05, 0) is 25.1 Å². The van der Waals surface area contributed by atoms with Crippen LogP contribution in [0.4, 0.5) is 11.5 Å². The quantitative estimate of drug-likeness (QED) is 0.540. The highest BCUT2D eigenvalue weighted by Gasteiger charge is 2.25. The van der Waals surface area contributed by atoms with Gasteiger partial charge in [0.2, 0.25) is 0 Å². The van der Waals surface area contributed by atoms with Crippen molar-refractivity contribution in [2.24, 2.45) is 0 Å². The Morgan fingerprint density at radius 1 is 1.12 bits per heavy atom. The topological polar surface area (TPSA) is 81.3 Å². The molecule has 25 heavy (non-hydrogen) atoms. The highest BCUT2D eigenvalue weighted by molar-refractivity contribution is 6.08. The van der Waals surface area contributed by atoms with E-state index >= 15 is 0 Å². The second kappa shape index (κ2) is 6.56. The fraction of sp³-hybridized carbons (Fsp3) is 0.111. The van der Waals surface area contributed by atoms with Gasteiger partial charge < -0.3 is 0 Å². The van der Waals surface area contributed by atoms with Gasteiger partial charge in [-0.1, -0.05) is 30.3 Å². The maximum absolute atomic E-state index is 12.8. The van der Waals surface area contributed by atoms with Crippen LogP contribution in [0.15, 0.2) is 60.7 Å². The first-order chi connectivity index (χ1) is 12.0. The molecule has 2 aromatic carbocycles. The van der Waals surface area contributed by atoms with E-state index in [0.717, 1.165) is 11.4 Å². The lowest BCUT2D eigenvalue weighted by molar-refractivity contribution is -0.385. The maximum Gasteiger partial charge on any atom is 0.282 e. The van der Waals surface area contributed by atoms with Crippen molar-refractivity contribution in [2.45, 2.75) is 6.92 Å². The Hall–Kier alpha value is -3.48. The van der Waals surface area contributed by atoms with E-state index in [1.54, 1.807) is 23.9 Å². The van der Waals surface area contributed by atoms with Gasteiger partial charge in [0, 0.05) is 19.2 Å². The van der Waals surface area contributed by atoms with Crippen molar-refractivity contribution in [2.75, 3.05) is 11.9 Å². The molecule has 0 bridgehead atoms. The minimum atomic E-state index is -0.555. The van der Waals surface area contributed by atoms with Crippen LogP contribution in [0.3, 0.4) is 0 Å². The molecule has 7 heteroatoms. The lowest BCUT2D eigenvalue weighted by atomic mass is 10.1. The lowest BCUT2D eigenvalue weighted by Crippen LogP contribution is -2.29. The molecule has 0 atom stereocenters. The Morgan fingerprint density at radius 2 is 1.76 bits per heavy atom. The molecule has 1 heterocycles. The van der Waals surface area contributed by atoms with Crippen LogP contribution >= 0.6 is 0 Å². The van der Waals surface area contributed by atoms with Gasteiger partial charge in [-0.3, -0.25) is 19.8 Å². The average Bonchev–Trinajstić information content (AvgIpc) is 3.03. The summed E-state index contributed by atoms with van der Waals surface area (Å²) < 4.78 is 1.64. The van der Waals surface area contributed by atoms with E-state index in [1.165, 1.54) is 23.1 Å². The van der Waals surface area contributed by atoms with Crippen molar-refractivity contribution in [1.29, 1.82) is 0 Å². The minimum absolute atomic E-state index is 0.0356. The first kappa shape index (κ1) is 16.4. The molecule has 0 aliphatic carbocycles. The van der Waals surface area contributed by atoms with Gasteiger partial charge in [0.1, 0.15) is 11.4 Å². The largest absolute Gasteiger partial charge is 0.295 e. The monoisotopic (exact) mass is 336 g/mol. The van der Waals surface area contributed by atoms with E-state index in [9.17, 15) is 14.9 Å². The third kappa shape index (κ3) is 3.12. The summed E-state index contributed by atoms with van der Waals surface area (Å²) in [4.78, 5) is 24.9. The molecular formula is C18H16N4O3. The Morgan fingerprint density at radius 3 is 2.44 bits per heavy atom. The molecule has 126 valence electrons. The summed E-state index contributed by atoms with van der Waals surface area (Å²) in [5.41, 5.74) is 1.35. The van der Waals surface area contributed by atoms with Crippen LogP contribution in [-0.2, 0) is 0 Å². The number of para-hydroxylation sites is 2. The third-order valence-corrected chi connectivity index (χ3v) is 3.79. The van der Waals surface area contributed by atoms with Crippen molar-refractivity contribution in [3.05, 3.63) is 82.0 Å². The van der Waals surface area contributed by atoms with Crippen LogP contribution in [0.1, 0.15) is 16.1 Å². The van der Waals surface area contributed by atoms with Gasteiger partial charge in [0.15, 0.2) is 0 Å². The number of nitro groups is 1. The van der Waals surface area contributed by atoms with Crippen molar-refractivity contribution in [3.63, 3.8) is 0 Å². The SMILES string of the molecule is Cc1cc(N(C)C(=O)c2ccccc2[N+](=O)[O-])n(-c2ccccc2)n1. The summed E-state index contributed by atoms with van der Waals surface area (Å²) in [5.74, 6) is 0.0660. The number of hydrogen-bond donors (Lipinski definition) is 0. The first-order valence-corrected chi connectivity index (χ1v) is 7.62. The number of rotatable bonds is 4. The van der Waals surface area contributed by atoms with E-state index in [-0.39, 0.29) is 11.3 Å². The molecule has 0 fully saturated rings. The van der Waals surface area contributed by atoms with Crippen molar-refractivity contribution < 1.29 is 9.72 Å². The molecule has 0 saturated carbocycles. The molecule has 0 N–H and O–H groups in total. The molecule has 0 saturated heterocycles. The van der Waals surface area contributed by atoms with Gasteiger partial charge in [0.25, 0.3) is 11.6 Å². The Labute approximate surface area is 144 Å². The zero-order valence-electron chi connectivity index (χ0n) is 13.8. The van der Waals surface area contributed by atoms with Gasteiger partial charge in [0.05, 0.1) is 16.3 Å².